The van der Waals surface area contributed by atoms with Crippen LogP contribution in [0.25, 0.3) is 39.8 Å². The van der Waals surface area contributed by atoms with Crippen molar-refractivity contribution in [3.8, 4) is 33.8 Å². The van der Waals surface area contributed by atoms with Crippen LogP contribution in [0.15, 0.2) is 219 Å². The van der Waals surface area contributed by atoms with Crippen LogP contribution >= 0.6 is 0 Å². The molecule has 0 amide bonds. The highest BCUT2D eigenvalue weighted by atomic mass is 16.1. The number of aromatic nitrogens is 8. The topological polar surface area (TPSA) is 340 Å². The minimum absolute atomic E-state index is 0.170. The predicted octanol–water partition coefficient (Wildman–Crippen LogP) is 10.4. The van der Waals surface area contributed by atoms with Crippen molar-refractivity contribution in [2.24, 2.45) is 0 Å². The number of carbonyl (C=O) groups is 4. The maximum Gasteiger partial charge on any atom is 0.215 e. The second-order valence-corrected chi connectivity index (χ2v) is 20.5. The Labute approximate surface area is 513 Å². The molecular weight excluding hydrogens is 1110 g/mol. The third-order valence-electron chi connectivity index (χ3n) is 14.5. The van der Waals surface area contributed by atoms with Gasteiger partial charge in [0.25, 0.3) is 0 Å². The molecule has 19 nitrogen and oxygen atoms in total. The van der Waals surface area contributed by atoms with Crippen LogP contribution in [0.5, 0.6) is 0 Å². The quantitative estimate of drug-likeness (QED) is 0.0441. The normalized spacial score (nSPS) is 12.1. The molecule has 1 aliphatic carbocycles. The molecule has 19 heteroatoms. The second-order valence-electron chi connectivity index (χ2n) is 20.5. The van der Waals surface area contributed by atoms with Gasteiger partial charge in [-0.15, -0.1) is 0 Å². The number of nitrogens with two attached hydrogens (primary N) is 6. The molecule has 0 saturated carbocycles. The number of allylic oxidation sites excluding steroid dienone is 1. The second kappa shape index (κ2) is 28.3. The summed E-state index contributed by atoms with van der Waals surface area (Å²) in [5, 5.41) is 3.34. The van der Waals surface area contributed by atoms with Crippen molar-refractivity contribution in [3.63, 3.8) is 0 Å². The molecule has 1 fully saturated rings. The number of rotatable bonds is 12. The fourth-order valence-corrected chi connectivity index (χ4v) is 9.93. The lowest BCUT2D eigenvalue weighted by Gasteiger charge is -2.22. The molecule has 0 unspecified atom stereocenters. The van der Waals surface area contributed by atoms with Crippen LogP contribution in [-0.2, 0) is 6.42 Å². The summed E-state index contributed by atoms with van der Waals surface area (Å²) in [5.41, 5.74) is 47.2. The van der Waals surface area contributed by atoms with E-state index in [0.29, 0.717) is 73.7 Å². The molecule has 0 atom stereocenters. The number of hydrogen-bond acceptors (Lipinski definition) is 19. The molecule has 1 aliphatic heterocycles. The van der Waals surface area contributed by atoms with E-state index in [1.165, 1.54) is 11.1 Å². The molecule has 3 aromatic carbocycles. The van der Waals surface area contributed by atoms with Crippen molar-refractivity contribution < 1.29 is 19.2 Å². The summed E-state index contributed by atoms with van der Waals surface area (Å²) >= 11 is 0. The van der Waals surface area contributed by atoms with Gasteiger partial charge in [0.1, 0.15) is 46.0 Å². The maximum atomic E-state index is 12.7. The third kappa shape index (κ3) is 14.8. The Hall–Kier alpha value is -12.0. The minimum Gasteiger partial charge on any atom is -0.399 e. The van der Waals surface area contributed by atoms with Crippen LogP contribution in [0.1, 0.15) is 99.8 Å². The Morgan fingerprint density at radius 3 is 1.30 bits per heavy atom. The van der Waals surface area contributed by atoms with E-state index < -0.39 is 0 Å². The number of carbonyl (C=O) groups excluding carboxylic acids is 4. The van der Waals surface area contributed by atoms with E-state index in [1.54, 1.807) is 128 Å². The molecule has 11 aromatic rings. The molecule has 2 aliphatic rings. The molecule has 440 valence electrons. The highest BCUT2D eigenvalue weighted by molar-refractivity contribution is 6.12. The lowest BCUT2D eigenvalue weighted by molar-refractivity contribution is 0.102. The first-order valence-corrected chi connectivity index (χ1v) is 28.4. The minimum atomic E-state index is -0.253. The van der Waals surface area contributed by atoms with Gasteiger partial charge in [-0.3, -0.25) is 19.2 Å². The fourth-order valence-electron chi connectivity index (χ4n) is 9.93. The van der Waals surface area contributed by atoms with E-state index in [0.717, 1.165) is 60.4 Å². The van der Waals surface area contributed by atoms with E-state index in [-0.39, 0.29) is 46.4 Å². The zero-order chi connectivity index (χ0) is 62.2. The number of nitrogens with one attached hydrogen (secondary N) is 1. The molecule has 0 bridgehead atoms. The largest absolute Gasteiger partial charge is 0.399 e. The first kappa shape index (κ1) is 60.2. The van der Waals surface area contributed by atoms with Crippen LogP contribution in [0.3, 0.4) is 0 Å². The van der Waals surface area contributed by atoms with Gasteiger partial charge >= 0.3 is 0 Å². The summed E-state index contributed by atoms with van der Waals surface area (Å²) in [6.45, 7) is 2.00. The molecular formula is C70H61N15O4. The van der Waals surface area contributed by atoms with Crippen LogP contribution in [0, 0.1) is 0 Å². The molecule has 9 heterocycles. The number of ketones is 4. The van der Waals surface area contributed by atoms with Crippen molar-refractivity contribution in [2.75, 3.05) is 47.5 Å². The Bertz CT molecular complexity index is 4420. The monoisotopic (exact) mass is 1180 g/mol. The van der Waals surface area contributed by atoms with E-state index in [2.05, 4.69) is 63.4 Å². The molecule has 8 aromatic heterocycles. The van der Waals surface area contributed by atoms with Gasteiger partial charge in [-0.1, -0.05) is 78.9 Å². The summed E-state index contributed by atoms with van der Waals surface area (Å²) in [7, 11) is 0. The average Bonchev–Trinajstić information content (AvgIpc) is 4.23. The number of nitrogens with zero attached hydrogens (tertiary/aromatic N) is 8. The number of piperidine rings is 1. The first-order chi connectivity index (χ1) is 43.3. The van der Waals surface area contributed by atoms with Crippen molar-refractivity contribution >= 4 is 63.9 Å². The van der Waals surface area contributed by atoms with Gasteiger partial charge < -0.3 is 39.7 Å². The van der Waals surface area contributed by atoms with Crippen LogP contribution in [0.2, 0.25) is 0 Å². The van der Waals surface area contributed by atoms with Gasteiger partial charge in [-0.05, 0) is 165 Å². The first-order valence-electron chi connectivity index (χ1n) is 28.4. The highest BCUT2D eigenvalue weighted by Crippen LogP contribution is 2.31. The highest BCUT2D eigenvalue weighted by Gasteiger charge is 2.22. The van der Waals surface area contributed by atoms with Crippen molar-refractivity contribution in [3.05, 3.63) is 281 Å². The lowest BCUT2D eigenvalue weighted by Crippen LogP contribution is -2.27. The Kier molecular flexibility index (Phi) is 19.1. The van der Waals surface area contributed by atoms with Crippen LogP contribution in [-0.4, -0.2) is 76.1 Å². The standard InChI is InChI=1S/C20H15N3O.2C17H14N4O.C16H18N4O/c21-20-16(9-4-12-22-20)19(24)18-11-3-10-17(23-18)15-8-2-6-13-5-1-7-14(13)15;18-12-5-1-4-11(10-12)14-7-2-8-15(21-14)16(22)13-6-3-9-20-17(13)19;18-12-8-6-11(7-9-12)14-4-1-5-15(21-14)16(22)13-3-2-10-20-17(13)19;17-16-12(3-2-8-19-16)15(21)14-5-1-4-13(20-14)11-6-9-18-10-7-11/h1-4,6-12H,5H2,(H2,21,22);2*1-10H,18H2,(H2,19,20);1-5,8,11,18H,6-7,9-10H2,(H2,17,19). The van der Waals surface area contributed by atoms with Crippen molar-refractivity contribution in [2.45, 2.75) is 25.2 Å². The molecule has 13 N–H and O–H groups in total. The van der Waals surface area contributed by atoms with Crippen molar-refractivity contribution in [1.82, 2.24) is 45.2 Å². The predicted molar refractivity (Wildman–Crippen MR) is 348 cm³/mol. The molecule has 0 radical (unpaired) electrons. The number of nitrogen functional groups attached to an aromatic ring is 6. The molecule has 89 heavy (non-hydrogen) atoms. The van der Waals surface area contributed by atoms with Gasteiger partial charge in [0.15, 0.2) is 0 Å². The van der Waals surface area contributed by atoms with E-state index >= 15 is 0 Å². The number of fused-ring (bicyclic) bond motifs is 1. The Morgan fingerprint density at radius 1 is 0.393 bits per heavy atom. The van der Waals surface area contributed by atoms with Gasteiger partial charge in [0, 0.05) is 64.5 Å². The van der Waals surface area contributed by atoms with Gasteiger partial charge in [0.05, 0.1) is 39.3 Å². The summed E-state index contributed by atoms with van der Waals surface area (Å²) < 4.78 is 0. The summed E-state index contributed by atoms with van der Waals surface area (Å²) in [5.74, 6) is 0.400. The van der Waals surface area contributed by atoms with Gasteiger partial charge in [-0.2, -0.15) is 0 Å². The van der Waals surface area contributed by atoms with E-state index in [9.17, 15) is 19.2 Å². The Morgan fingerprint density at radius 2 is 0.820 bits per heavy atom. The van der Waals surface area contributed by atoms with Gasteiger partial charge in [-0.25, -0.2) is 39.9 Å². The fraction of sp³-hybridized carbons (Fsp3) is 0.0857. The smallest absolute Gasteiger partial charge is 0.215 e. The SMILES string of the molecule is Nc1ccc(-c2cccc(C(=O)c3cccnc3N)n2)cc1.Nc1cccc(-c2cccc(C(=O)c3cccnc3N)n2)c1.Nc1ncccc1C(=O)c1cccc(-c2cccc3c2C=CC3)n1.Nc1ncccc1C(=O)c1cccc(C2CCNCC2)n1. The zero-order valence-electron chi connectivity index (χ0n) is 48.1. The summed E-state index contributed by atoms with van der Waals surface area (Å²) in [4.78, 5) is 84.0. The molecule has 1 saturated heterocycles. The van der Waals surface area contributed by atoms with Crippen molar-refractivity contribution in [1.29, 1.82) is 0 Å². The van der Waals surface area contributed by atoms with E-state index in [4.69, 9.17) is 34.4 Å². The molecule has 0 spiro atoms. The number of anilines is 6. The maximum absolute atomic E-state index is 12.7. The lowest BCUT2D eigenvalue weighted by atomic mass is 9.94. The summed E-state index contributed by atoms with van der Waals surface area (Å²) in [6.07, 6.45) is 13.5. The number of pyridine rings is 8. The van der Waals surface area contributed by atoms with Crippen LogP contribution in [0.4, 0.5) is 34.6 Å². The summed E-state index contributed by atoms with van der Waals surface area (Å²) in [6, 6.07) is 55.9. The third-order valence-corrected chi connectivity index (χ3v) is 14.5. The average molecular weight is 1180 g/mol. The van der Waals surface area contributed by atoms with E-state index in [1.807, 2.05) is 78.9 Å². The Balaban J connectivity index is 0.000000131. The molecule has 13 rings (SSSR count). The zero-order valence-corrected chi connectivity index (χ0v) is 48.1. The number of benzene rings is 3. The van der Waals surface area contributed by atoms with Gasteiger partial charge in [0.2, 0.25) is 23.1 Å². The van der Waals surface area contributed by atoms with Crippen LogP contribution < -0.4 is 39.7 Å². The number of hydrogen-bond donors (Lipinski definition) is 7.